The summed E-state index contributed by atoms with van der Waals surface area (Å²) in [6.07, 6.45) is 0.0623. The zero-order valence-electron chi connectivity index (χ0n) is 11.0. The Kier molecular flexibility index (Phi) is 4.25. The lowest BCUT2D eigenvalue weighted by molar-refractivity contribution is -0.385. The molecule has 0 saturated carbocycles. The molecule has 0 aliphatic carbocycles. The Morgan fingerprint density at radius 3 is 2.85 bits per heavy atom. The maximum Gasteiger partial charge on any atom is 0.282 e. The van der Waals surface area contributed by atoms with Gasteiger partial charge in [-0.15, -0.1) is 0 Å². The zero-order valence-corrected chi connectivity index (χ0v) is 11.7. The van der Waals surface area contributed by atoms with Crippen molar-refractivity contribution in [1.82, 2.24) is 4.90 Å². The summed E-state index contributed by atoms with van der Waals surface area (Å²) in [5, 5.41) is 21.1. The van der Waals surface area contributed by atoms with E-state index in [0.717, 1.165) is 0 Å². The van der Waals surface area contributed by atoms with Gasteiger partial charge in [-0.25, -0.2) is 0 Å². The topological polar surface area (TPSA) is 83.7 Å². The van der Waals surface area contributed by atoms with Crippen molar-refractivity contribution in [1.29, 1.82) is 0 Å². The van der Waals surface area contributed by atoms with Crippen LogP contribution in [-0.4, -0.2) is 40.0 Å². The molecule has 1 aromatic carbocycles. The summed E-state index contributed by atoms with van der Waals surface area (Å²) in [5.74, 6) is -0.349. The number of β-amino-alcohol motifs (C(OH)–C–C–N with tert-alkyl or cyclic N) is 1. The van der Waals surface area contributed by atoms with E-state index in [1.807, 2.05) is 6.92 Å². The smallest absolute Gasteiger partial charge is 0.282 e. The summed E-state index contributed by atoms with van der Waals surface area (Å²) in [7, 11) is 0. The lowest BCUT2D eigenvalue weighted by atomic mass is 9.95. The average molecular weight is 299 g/mol. The predicted octanol–water partition coefficient (Wildman–Crippen LogP) is 2.09. The van der Waals surface area contributed by atoms with Crippen molar-refractivity contribution < 1.29 is 14.8 Å². The van der Waals surface area contributed by atoms with Crippen LogP contribution in [-0.2, 0) is 0 Å². The monoisotopic (exact) mass is 298 g/mol. The van der Waals surface area contributed by atoms with Crippen molar-refractivity contribution in [3.63, 3.8) is 0 Å². The number of amides is 1. The first kappa shape index (κ1) is 14.7. The van der Waals surface area contributed by atoms with Gasteiger partial charge in [-0.05, 0) is 24.5 Å². The summed E-state index contributed by atoms with van der Waals surface area (Å²) >= 11 is 5.81. The number of piperidine rings is 1. The number of carbonyl (C=O) groups excluding carboxylic acids is 1. The average Bonchev–Trinajstić information content (AvgIpc) is 2.40. The molecule has 2 unspecified atom stereocenters. The highest BCUT2D eigenvalue weighted by Crippen LogP contribution is 2.26. The Balaban J connectivity index is 2.29. The van der Waals surface area contributed by atoms with E-state index in [9.17, 15) is 20.0 Å². The van der Waals surface area contributed by atoms with Gasteiger partial charge in [0.25, 0.3) is 11.6 Å². The minimum absolute atomic E-state index is 0.0377. The Morgan fingerprint density at radius 2 is 2.25 bits per heavy atom. The van der Waals surface area contributed by atoms with Crippen LogP contribution in [0.1, 0.15) is 23.7 Å². The molecule has 1 N–H and O–H groups in total. The third kappa shape index (κ3) is 2.91. The number of carbonyl (C=O) groups is 1. The number of aliphatic hydroxyl groups excluding tert-OH is 1. The van der Waals surface area contributed by atoms with Crippen LogP contribution in [0.25, 0.3) is 0 Å². The van der Waals surface area contributed by atoms with Crippen molar-refractivity contribution >= 4 is 23.2 Å². The van der Waals surface area contributed by atoms with Crippen LogP contribution in [0.5, 0.6) is 0 Å². The van der Waals surface area contributed by atoms with Crippen LogP contribution in [0.3, 0.4) is 0 Å². The number of nitro benzene ring substituents is 1. The fourth-order valence-electron chi connectivity index (χ4n) is 2.24. The number of aliphatic hydroxyl groups is 1. The first-order valence-corrected chi connectivity index (χ1v) is 6.69. The minimum Gasteiger partial charge on any atom is -0.391 e. The third-order valence-electron chi connectivity index (χ3n) is 3.59. The predicted molar refractivity (Wildman–Crippen MR) is 73.8 cm³/mol. The first-order chi connectivity index (χ1) is 9.40. The van der Waals surface area contributed by atoms with Gasteiger partial charge in [-0.3, -0.25) is 14.9 Å². The fraction of sp³-hybridized carbons (Fsp3) is 0.462. The zero-order chi connectivity index (χ0) is 14.9. The number of hydrogen-bond donors (Lipinski definition) is 1. The second-order valence-corrected chi connectivity index (χ2v) is 5.44. The molecule has 0 aromatic heterocycles. The number of rotatable bonds is 2. The van der Waals surface area contributed by atoms with Crippen LogP contribution in [0.2, 0.25) is 5.02 Å². The molecule has 108 valence electrons. The van der Waals surface area contributed by atoms with Gasteiger partial charge in [-0.2, -0.15) is 0 Å². The highest BCUT2D eigenvalue weighted by atomic mass is 35.5. The van der Waals surface area contributed by atoms with E-state index in [1.165, 1.54) is 23.1 Å². The Bertz CT molecular complexity index is 549. The molecule has 1 heterocycles. The van der Waals surface area contributed by atoms with Crippen molar-refractivity contribution in [3.05, 3.63) is 38.9 Å². The standard InChI is InChI=1S/C13H15ClN2O4/c1-8-4-5-15(7-12(8)17)13(18)10-6-9(14)2-3-11(10)16(19)20/h2-3,6,8,12,17H,4-5,7H2,1H3. The molecule has 1 saturated heterocycles. The fourth-order valence-corrected chi connectivity index (χ4v) is 2.41. The molecular formula is C13H15ClN2O4. The van der Waals surface area contributed by atoms with Gasteiger partial charge < -0.3 is 10.0 Å². The van der Waals surface area contributed by atoms with E-state index < -0.39 is 16.9 Å². The molecule has 2 atom stereocenters. The molecule has 0 spiro atoms. The maximum absolute atomic E-state index is 12.4. The number of benzene rings is 1. The maximum atomic E-state index is 12.4. The lowest BCUT2D eigenvalue weighted by Crippen LogP contribution is -2.45. The number of likely N-dealkylation sites (tertiary alicyclic amines) is 1. The largest absolute Gasteiger partial charge is 0.391 e. The highest BCUT2D eigenvalue weighted by molar-refractivity contribution is 6.31. The summed E-state index contributed by atoms with van der Waals surface area (Å²) in [4.78, 5) is 24.2. The molecule has 1 aliphatic heterocycles. The lowest BCUT2D eigenvalue weighted by Gasteiger charge is -2.34. The van der Waals surface area contributed by atoms with Gasteiger partial charge in [0.1, 0.15) is 5.56 Å². The van der Waals surface area contributed by atoms with E-state index in [4.69, 9.17) is 11.6 Å². The van der Waals surface area contributed by atoms with Gasteiger partial charge in [-0.1, -0.05) is 18.5 Å². The second kappa shape index (κ2) is 5.76. The summed E-state index contributed by atoms with van der Waals surface area (Å²) in [5.41, 5.74) is -0.309. The van der Waals surface area contributed by atoms with E-state index in [1.54, 1.807) is 0 Å². The molecule has 2 rings (SSSR count). The molecule has 0 bridgehead atoms. The quantitative estimate of drug-likeness (QED) is 0.669. The molecule has 20 heavy (non-hydrogen) atoms. The Hall–Kier alpha value is -1.66. The van der Waals surface area contributed by atoms with E-state index in [-0.39, 0.29) is 28.7 Å². The molecule has 1 aromatic rings. The van der Waals surface area contributed by atoms with Crippen molar-refractivity contribution in [2.75, 3.05) is 13.1 Å². The first-order valence-electron chi connectivity index (χ1n) is 6.31. The Labute approximate surface area is 121 Å². The molecule has 6 nitrogen and oxygen atoms in total. The van der Waals surface area contributed by atoms with Crippen molar-refractivity contribution in [2.24, 2.45) is 5.92 Å². The van der Waals surface area contributed by atoms with Gasteiger partial charge >= 0.3 is 0 Å². The minimum atomic E-state index is -0.606. The molecule has 1 aliphatic rings. The van der Waals surface area contributed by atoms with Gasteiger partial charge in [0.05, 0.1) is 11.0 Å². The number of hydrogen-bond acceptors (Lipinski definition) is 4. The number of halogens is 1. The summed E-state index contributed by atoms with van der Waals surface area (Å²) in [6.45, 7) is 2.57. The number of nitrogens with zero attached hydrogens (tertiary/aromatic N) is 2. The molecule has 1 fully saturated rings. The van der Waals surface area contributed by atoms with Crippen molar-refractivity contribution in [2.45, 2.75) is 19.4 Å². The molecule has 1 amide bonds. The van der Waals surface area contributed by atoms with Crippen LogP contribution < -0.4 is 0 Å². The molecular weight excluding hydrogens is 284 g/mol. The van der Waals surface area contributed by atoms with Gasteiger partial charge in [0.2, 0.25) is 0 Å². The second-order valence-electron chi connectivity index (χ2n) is 5.00. The third-order valence-corrected chi connectivity index (χ3v) is 3.83. The summed E-state index contributed by atoms with van der Waals surface area (Å²) < 4.78 is 0. The van der Waals surface area contributed by atoms with Crippen molar-refractivity contribution in [3.8, 4) is 0 Å². The van der Waals surface area contributed by atoms with Gasteiger partial charge in [0.15, 0.2) is 0 Å². The van der Waals surface area contributed by atoms with Crippen LogP contribution in [0.15, 0.2) is 18.2 Å². The highest BCUT2D eigenvalue weighted by Gasteiger charge is 2.31. The van der Waals surface area contributed by atoms with Crippen LogP contribution >= 0.6 is 11.6 Å². The van der Waals surface area contributed by atoms with Crippen LogP contribution in [0.4, 0.5) is 5.69 Å². The van der Waals surface area contributed by atoms with E-state index >= 15 is 0 Å². The van der Waals surface area contributed by atoms with E-state index in [2.05, 4.69) is 0 Å². The SMILES string of the molecule is CC1CCN(C(=O)c2cc(Cl)ccc2[N+](=O)[O-])CC1O. The number of nitro groups is 1. The van der Waals surface area contributed by atoms with E-state index in [0.29, 0.717) is 13.0 Å². The van der Waals surface area contributed by atoms with Gasteiger partial charge in [0, 0.05) is 24.2 Å². The summed E-state index contributed by atoms with van der Waals surface area (Å²) in [6, 6.07) is 3.90. The molecule has 7 heteroatoms. The van der Waals surface area contributed by atoms with Crippen LogP contribution in [0, 0.1) is 16.0 Å². The normalized spacial score (nSPS) is 22.6. The molecule has 0 radical (unpaired) electrons. The Morgan fingerprint density at radius 1 is 1.55 bits per heavy atom.